The Labute approximate surface area is 187 Å². The lowest BCUT2D eigenvalue weighted by atomic mass is 9.98. The molecule has 168 valence electrons. The van der Waals surface area contributed by atoms with E-state index in [0.29, 0.717) is 19.4 Å². The second kappa shape index (κ2) is 9.42. The molecular weight excluding hydrogens is 408 g/mol. The Kier molecular flexibility index (Phi) is 6.44. The van der Waals surface area contributed by atoms with E-state index in [1.807, 2.05) is 24.3 Å². The number of amides is 2. The first kappa shape index (κ1) is 21.9. The van der Waals surface area contributed by atoms with Crippen LogP contribution in [0.2, 0.25) is 0 Å². The Bertz CT molecular complexity index is 975. The summed E-state index contributed by atoms with van der Waals surface area (Å²) in [5, 5.41) is 14.4. The summed E-state index contributed by atoms with van der Waals surface area (Å²) in [6, 6.07) is 16.2. The fourth-order valence-corrected chi connectivity index (χ4v) is 4.42. The molecule has 2 aliphatic rings. The Morgan fingerprint density at radius 3 is 2.31 bits per heavy atom. The maximum atomic E-state index is 12.3. The molecule has 0 saturated heterocycles. The molecule has 7 heteroatoms. The number of ether oxygens (including phenoxy) is 1. The molecule has 2 aromatic rings. The van der Waals surface area contributed by atoms with Crippen molar-refractivity contribution in [2.75, 3.05) is 13.2 Å². The molecule has 2 aromatic carbocycles. The largest absolute Gasteiger partial charge is 0.481 e. The summed E-state index contributed by atoms with van der Waals surface area (Å²) in [5.41, 5.74) is 4.69. The maximum absolute atomic E-state index is 12.3. The van der Waals surface area contributed by atoms with Gasteiger partial charge in [0, 0.05) is 30.8 Å². The minimum atomic E-state index is -0.873. The summed E-state index contributed by atoms with van der Waals surface area (Å²) in [4.78, 5) is 35.1. The predicted octanol–water partition coefficient (Wildman–Crippen LogP) is 3.53. The van der Waals surface area contributed by atoms with Gasteiger partial charge in [-0.15, -0.1) is 0 Å². The summed E-state index contributed by atoms with van der Waals surface area (Å²) in [6.45, 7) is 2.45. The molecule has 0 spiro atoms. The van der Waals surface area contributed by atoms with E-state index in [4.69, 9.17) is 9.84 Å². The molecule has 1 saturated carbocycles. The number of benzene rings is 2. The lowest BCUT2D eigenvalue weighted by Gasteiger charge is -2.15. The molecule has 2 amide bonds. The average molecular weight is 437 g/mol. The van der Waals surface area contributed by atoms with Crippen LogP contribution >= 0.6 is 0 Å². The first-order chi connectivity index (χ1) is 15.4. The van der Waals surface area contributed by atoms with Crippen molar-refractivity contribution in [3.05, 3.63) is 59.7 Å². The zero-order chi connectivity index (χ0) is 22.7. The molecule has 4 rings (SSSR count). The Morgan fingerprint density at radius 2 is 1.69 bits per heavy atom. The third kappa shape index (κ3) is 4.93. The monoisotopic (exact) mass is 436 g/mol. The first-order valence-corrected chi connectivity index (χ1v) is 11.0. The van der Waals surface area contributed by atoms with Crippen LogP contribution in [0, 0.1) is 11.8 Å². The quantitative estimate of drug-likeness (QED) is 0.558. The van der Waals surface area contributed by atoms with Gasteiger partial charge in [-0.1, -0.05) is 48.5 Å². The summed E-state index contributed by atoms with van der Waals surface area (Å²) < 4.78 is 5.53. The number of alkyl carbamates (subject to hydrolysis) is 1. The van der Waals surface area contributed by atoms with Crippen molar-refractivity contribution < 1.29 is 24.2 Å². The van der Waals surface area contributed by atoms with Crippen molar-refractivity contribution in [3.63, 3.8) is 0 Å². The van der Waals surface area contributed by atoms with Crippen molar-refractivity contribution in [1.29, 1.82) is 0 Å². The predicted molar refractivity (Wildman–Crippen MR) is 119 cm³/mol. The van der Waals surface area contributed by atoms with Crippen LogP contribution in [0.3, 0.4) is 0 Å². The fourth-order valence-electron chi connectivity index (χ4n) is 4.42. The van der Waals surface area contributed by atoms with E-state index >= 15 is 0 Å². The first-order valence-electron chi connectivity index (χ1n) is 11.0. The number of aliphatic carboxylic acids is 1. The maximum Gasteiger partial charge on any atom is 0.407 e. The van der Waals surface area contributed by atoms with Crippen molar-refractivity contribution in [3.8, 4) is 11.1 Å². The highest BCUT2D eigenvalue weighted by atomic mass is 16.5. The van der Waals surface area contributed by atoms with Crippen LogP contribution in [-0.4, -0.2) is 42.3 Å². The molecule has 3 atom stereocenters. The molecule has 0 radical (unpaired) electrons. The second-order valence-corrected chi connectivity index (χ2v) is 8.65. The van der Waals surface area contributed by atoms with Crippen LogP contribution in [0.25, 0.3) is 11.1 Å². The highest BCUT2D eigenvalue weighted by Crippen LogP contribution is 2.44. The van der Waals surface area contributed by atoms with Crippen LogP contribution in [0.1, 0.15) is 43.2 Å². The van der Waals surface area contributed by atoms with Crippen molar-refractivity contribution in [1.82, 2.24) is 10.6 Å². The molecule has 0 heterocycles. The minimum absolute atomic E-state index is 0.0138. The van der Waals surface area contributed by atoms with Gasteiger partial charge < -0.3 is 20.5 Å². The summed E-state index contributed by atoms with van der Waals surface area (Å²) in [7, 11) is 0. The van der Waals surface area contributed by atoms with Gasteiger partial charge in [-0.25, -0.2) is 4.79 Å². The van der Waals surface area contributed by atoms with Gasteiger partial charge in [0.05, 0.1) is 0 Å². The Balaban J connectivity index is 1.22. The normalized spacial score (nSPS) is 19.4. The highest BCUT2D eigenvalue weighted by molar-refractivity contribution is 5.82. The average Bonchev–Trinajstić information content (AvgIpc) is 3.50. The smallest absolute Gasteiger partial charge is 0.407 e. The third-order valence-electron chi connectivity index (χ3n) is 6.29. The number of carbonyl (C=O) groups excluding carboxylic acids is 2. The molecule has 32 heavy (non-hydrogen) atoms. The third-order valence-corrected chi connectivity index (χ3v) is 6.29. The zero-order valence-corrected chi connectivity index (χ0v) is 18.0. The van der Waals surface area contributed by atoms with Crippen molar-refractivity contribution >= 4 is 18.0 Å². The minimum Gasteiger partial charge on any atom is -0.481 e. The SMILES string of the molecule is CC(CCC(=O)O)NC(=O)[C@@H]1C[C@@H]1CNC(=O)OCC1c2ccccc2-c2ccccc21. The fraction of sp³-hybridized carbons (Fsp3) is 0.400. The number of fused-ring (bicyclic) bond motifs is 3. The van der Waals surface area contributed by atoms with E-state index in [-0.39, 0.29) is 42.7 Å². The number of carbonyl (C=O) groups is 3. The van der Waals surface area contributed by atoms with Gasteiger partial charge in [-0.2, -0.15) is 0 Å². The molecule has 1 fully saturated rings. The summed E-state index contributed by atoms with van der Waals surface area (Å²) >= 11 is 0. The number of hydrogen-bond acceptors (Lipinski definition) is 4. The lowest BCUT2D eigenvalue weighted by Crippen LogP contribution is -2.35. The Hall–Kier alpha value is -3.35. The highest BCUT2D eigenvalue weighted by Gasteiger charge is 2.43. The molecule has 2 aliphatic carbocycles. The van der Waals surface area contributed by atoms with Gasteiger partial charge in [-0.3, -0.25) is 9.59 Å². The molecule has 7 nitrogen and oxygen atoms in total. The van der Waals surface area contributed by atoms with Crippen molar-refractivity contribution in [2.24, 2.45) is 11.8 Å². The summed E-state index contributed by atoms with van der Waals surface area (Å²) in [6.07, 6.45) is 0.656. The summed E-state index contributed by atoms with van der Waals surface area (Å²) in [5.74, 6) is -0.997. The molecule has 0 bridgehead atoms. The van der Waals surface area contributed by atoms with Crippen LogP contribution in [0.15, 0.2) is 48.5 Å². The van der Waals surface area contributed by atoms with Crippen LogP contribution < -0.4 is 10.6 Å². The number of rotatable bonds is 9. The van der Waals surface area contributed by atoms with E-state index in [1.54, 1.807) is 6.92 Å². The second-order valence-electron chi connectivity index (χ2n) is 8.65. The van der Waals surface area contributed by atoms with Gasteiger partial charge in [0.1, 0.15) is 6.61 Å². The van der Waals surface area contributed by atoms with Gasteiger partial charge in [0.15, 0.2) is 0 Å². The van der Waals surface area contributed by atoms with E-state index in [0.717, 1.165) is 11.1 Å². The molecule has 0 aromatic heterocycles. The van der Waals surface area contributed by atoms with Crippen LogP contribution in [0.5, 0.6) is 0 Å². The Morgan fingerprint density at radius 1 is 1.06 bits per heavy atom. The number of nitrogens with one attached hydrogen (secondary N) is 2. The van der Waals surface area contributed by atoms with E-state index in [2.05, 4.69) is 34.9 Å². The van der Waals surface area contributed by atoms with E-state index < -0.39 is 12.1 Å². The lowest BCUT2D eigenvalue weighted by molar-refractivity contribution is -0.137. The van der Waals surface area contributed by atoms with Crippen LogP contribution in [0.4, 0.5) is 4.79 Å². The molecule has 0 aliphatic heterocycles. The topological polar surface area (TPSA) is 105 Å². The van der Waals surface area contributed by atoms with Gasteiger partial charge >= 0.3 is 12.1 Å². The number of carboxylic acids is 1. The van der Waals surface area contributed by atoms with E-state index in [9.17, 15) is 14.4 Å². The van der Waals surface area contributed by atoms with Gasteiger partial charge in [0.2, 0.25) is 5.91 Å². The van der Waals surface area contributed by atoms with Gasteiger partial charge in [0.25, 0.3) is 0 Å². The van der Waals surface area contributed by atoms with Crippen LogP contribution in [-0.2, 0) is 14.3 Å². The van der Waals surface area contributed by atoms with Crippen molar-refractivity contribution in [2.45, 2.75) is 38.1 Å². The number of hydrogen-bond donors (Lipinski definition) is 3. The molecule has 3 N–H and O–H groups in total. The van der Waals surface area contributed by atoms with E-state index in [1.165, 1.54) is 11.1 Å². The molecule has 1 unspecified atom stereocenters. The zero-order valence-electron chi connectivity index (χ0n) is 18.0. The molecular formula is C25H28N2O5. The van der Waals surface area contributed by atoms with Gasteiger partial charge in [-0.05, 0) is 47.9 Å². The number of carboxylic acid groups (broad SMARTS) is 1. The standard InChI is InChI=1S/C25H28N2O5/c1-15(10-11-23(28)29)27-24(30)21-12-16(21)13-26-25(31)32-14-22-19-8-4-2-6-17(19)18-7-3-5-9-20(18)22/h2-9,15-16,21-22H,10-14H2,1H3,(H,26,31)(H,27,30)(H,28,29)/t15?,16-,21-/m1/s1.